The van der Waals surface area contributed by atoms with Gasteiger partial charge in [-0.15, -0.1) is 23.2 Å². The molecule has 0 aromatic carbocycles. The number of ether oxygens (including phenoxy) is 2. The second-order valence-electron chi connectivity index (χ2n) is 3.68. The zero-order valence-electron chi connectivity index (χ0n) is 9.43. The van der Waals surface area contributed by atoms with E-state index < -0.39 is 0 Å². The largest absolute Gasteiger partial charge is 0.376 e. The summed E-state index contributed by atoms with van der Waals surface area (Å²) >= 11 is 15.0. The number of alkyl halides is 3. The van der Waals surface area contributed by atoms with Crippen LogP contribution < -0.4 is 0 Å². The van der Waals surface area contributed by atoms with Gasteiger partial charge in [-0.05, 0) is 13.3 Å². The Balaban J connectivity index is 4.09. The molecule has 0 heterocycles. The van der Waals surface area contributed by atoms with Crippen molar-refractivity contribution in [1.82, 2.24) is 0 Å². The second kappa shape index (κ2) is 8.13. The van der Waals surface area contributed by atoms with E-state index in [4.69, 9.17) is 32.7 Å². The van der Waals surface area contributed by atoms with Crippen LogP contribution in [0.5, 0.6) is 0 Å². The van der Waals surface area contributed by atoms with E-state index in [-0.39, 0.29) is 16.5 Å². The minimum Gasteiger partial charge on any atom is -0.376 e. The summed E-state index contributed by atoms with van der Waals surface area (Å²) in [4.78, 5) is 0.0784. The molecule has 0 aromatic rings. The molecule has 0 fully saturated rings. The lowest BCUT2D eigenvalue weighted by molar-refractivity contribution is -0.0816. The van der Waals surface area contributed by atoms with Crippen LogP contribution in [0, 0.1) is 0 Å². The standard InChI is InChI=1S/C10H19BrCl2O2/c1-4-10(2,14-3)7-15-9(6-13)8(11)5-12/h8-9H,4-7H2,1-3H3. The van der Waals surface area contributed by atoms with Crippen molar-refractivity contribution in [1.29, 1.82) is 0 Å². The van der Waals surface area contributed by atoms with Gasteiger partial charge in [-0.3, -0.25) is 0 Å². The van der Waals surface area contributed by atoms with Crippen molar-refractivity contribution in [3.8, 4) is 0 Å². The van der Waals surface area contributed by atoms with Crippen LogP contribution >= 0.6 is 39.1 Å². The van der Waals surface area contributed by atoms with Crippen LogP contribution in [-0.2, 0) is 9.47 Å². The molecular weight excluding hydrogens is 303 g/mol. The number of methoxy groups -OCH3 is 1. The predicted octanol–water partition coefficient (Wildman–Crippen LogP) is 3.43. The Morgan fingerprint density at radius 1 is 1.33 bits per heavy atom. The molecule has 0 radical (unpaired) electrons. The first kappa shape index (κ1) is 16.0. The summed E-state index contributed by atoms with van der Waals surface area (Å²) in [6.45, 7) is 4.61. The maximum atomic E-state index is 5.80. The molecule has 0 aliphatic carbocycles. The quantitative estimate of drug-likeness (QED) is 0.638. The Morgan fingerprint density at radius 3 is 2.27 bits per heavy atom. The van der Waals surface area contributed by atoms with Crippen LogP contribution in [0.25, 0.3) is 0 Å². The third kappa shape index (κ3) is 5.73. The molecular formula is C10H19BrCl2O2. The molecule has 0 bridgehead atoms. The first-order chi connectivity index (χ1) is 7.02. The molecule has 0 spiro atoms. The normalized spacial score (nSPS) is 19.6. The molecule has 0 amide bonds. The van der Waals surface area contributed by atoms with Crippen molar-refractivity contribution < 1.29 is 9.47 Å². The summed E-state index contributed by atoms with van der Waals surface area (Å²) in [5.41, 5.74) is -0.247. The van der Waals surface area contributed by atoms with Gasteiger partial charge in [0.05, 0.1) is 23.1 Å². The van der Waals surface area contributed by atoms with E-state index in [0.717, 1.165) is 6.42 Å². The van der Waals surface area contributed by atoms with Gasteiger partial charge in [0.25, 0.3) is 0 Å². The van der Waals surface area contributed by atoms with E-state index in [1.807, 2.05) is 6.92 Å². The molecule has 0 aliphatic rings. The molecule has 3 atom stereocenters. The Hall–Kier alpha value is 0.980. The Labute approximate surface area is 111 Å². The number of halogens is 3. The van der Waals surface area contributed by atoms with E-state index in [0.29, 0.717) is 18.4 Å². The van der Waals surface area contributed by atoms with E-state index in [2.05, 4.69) is 22.9 Å². The summed E-state index contributed by atoms with van der Waals surface area (Å²) in [6, 6.07) is 0. The molecule has 0 N–H and O–H groups in total. The fraction of sp³-hybridized carbons (Fsp3) is 1.00. The van der Waals surface area contributed by atoms with Gasteiger partial charge >= 0.3 is 0 Å². The molecule has 3 unspecified atom stereocenters. The lowest BCUT2D eigenvalue weighted by Gasteiger charge is -2.29. The lowest BCUT2D eigenvalue weighted by atomic mass is 10.1. The van der Waals surface area contributed by atoms with Crippen molar-refractivity contribution in [3.05, 3.63) is 0 Å². The topological polar surface area (TPSA) is 18.5 Å². The fourth-order valence-electron chi connectivity index (χ4n) is 0.934. The van der Waals surface area contributed by atoms with Gasteiger partial charge in [-0.25, -0.2) is 0 Å². The zero-order valence-corrected chi connectivity index (χ0v) is 12.5. The zero-order chi connectivity index (χ0) is 11.9. The van der Waals surface area contributed by atoms with Crippen LogP contribution in [0.15, 0.2) is 0 Å². The van der Waals surface area contributed by atoms with Gasteiger partial charge < -0.3 is 9.47 Å². The van der Waals surface area contributed by atoms with Crippen LogP contribution in [-0.4, -0.2) is 42.0 Å². The van der Waals surface area contributed by atoms with E-state index in [1.165, 1.54) is 0 Å². The molecule has 15 heavy (non-hydrogen) atoms. The first-order valence-corrected chi connectivity index (χ1v) is 6.94. The van der Waals surface area contributed by atoms with Gasteiger partial charge in [-0.2, -0.15) is 0 Å². The molecule has 2 nitrogen and oxygen atoms in total. The molecule has 5 heteroatoms. The van der Waals surface area contributed by atoms with Crippen LogP contribution in [0.1, 0.15) is 20.3 Å². The highest BCUT2D eigenvalue weighted by molar-refractivity contribution is 9.09. The average molecular weight is 322 g/mol. The molecule has 0 saturated heterocycles. The third-order valence-corrected chi connectivity index (χ3v) is 4.47. The minimum atomic E-state index is -0.247. The van der Waals surface area contributed by atoms with E-state index in [9.17, 15) is 0 Å². The van der Waals surface area contributed by atoms with Gasteiger partial charge in [0.2, 0.25) is 0 Å². The summed E-state index contributed by atoms with van der Waals surface area (Å²) in [5, 5.41) is 0. The third-order valence-electron chi connectivity index (χ3n) is 2.55. The van der Waals surface area contributed by atoms with Crippen molar-refractivity contribution in [2.45, 2.75) is 36.8 Å². The fourth-order valence-corrected chi connectivity index (χ4v) is 1.99. The Kier molecular flexibility index (Phi) is 8.66. The molecule has 0 aliphatic heterocycles. The maximum Gasteiger partial charge on any atom is 0.0880 e. The predicted molar refractivity (Wildman–Crippen MR) is 69.6 cm³/mol. The summed E-state index contributed by atoms with van der Waals surface area (Å²) in [7, 11) is 1.69. The summed E-state index contributed by atoms with van der Waals surface area (Å²) < 4.78 is 11.1. The van der Waals surface area contributed by atoms with Crippen LogP contribution in [0.2, 0.25) is 0 Å². The van der Waals surface area contributed by atoms with Gasteiger partial charge in [-0.1, -0.05) is 22.9 Å². The number of hydrogen-bond acceptors (Lipinski definition) is 2. The summed E-state index contributed by atoms with van der Waals surface area (Å²) in [6.07, 6.45) is 0.817. The smallest absolute Gasteiger partial charge is 0.0880 e. The number of rotatable bonds is 8. The number of hydrogen-bond donors (Lipinski definition) is 0. The lowest BCUT2D eigenvalue weighted by Crippen LogP contribution is -2.38. The van der Waals surface area contributed by atoms with E-state index in [1.54, 1.807) is 7.11 Å². The Morgan fingerprint density at radius 2 is 1.93 bits per heavy atom. The maximum absolute atomic E-state index is 5.80. The van der Waals surface area contributed by atoms with Crippen LogP contribution in [0.3, 0.4) is 0 Å². The molecule has 0 aromatic heterocycles. The average Bonchev–Trinajstić information content (AvgIpc) is 2.29. The highest BCUT2D eigenvalue weighted by Crippen LogP contribution is 2.19. The summed E-state index contributed by atoms with van der Waals surface area (Å²) in [5.74, 6) is 0.902. The molecule has 0 saturated carbocycles. The van der Waals surface area contributed by atoms with Crippen molar-refractivity contribution in [3.63, 3.8) is 0 Å². The molecule has 0 rings (SSSR count). The van der Waals surface area contributed by atoms with Gasteiger partial charge in [0, 0.05) is 18.9 Å². The first-order valence-electron chi connectivity index (χ1n) is 4.95. The Bertz CT molecular complexity index is 166. The minimum absolute atomic E-state index is 0.0784. The van der Waals surface area contributed by atoms with E-state index >= 15 is 0 Å². The van der Waals surface area contributed by atoms with Crippen LogP contribution in [0.4, 0.5) is 0 Å². The molecule has 92 valence electrons. The highest BCUT2D eigenvalue weighted by Gasteiger charge is 2.25. The van der Waals surface area contributed by atoms with Crippen molar-refractivity contribution in [2.24, 2.45) is 0 Å². The van der Waals surface area contributed by atoms with Gasteiger partial charge in [0.1, 0.15) is 0 Å². The highest BCUT2D eigenvalue weighted by atomic mass is 79.9. The van der Waals surface area contributed by atoms with Crippen molar-refractivity contribution >= 4 is 39.1 Å². The van der Waals surface area contributed by atoms with Gasteiger partial charge in [0.15, 0.2) is 0 Å². The monoisotopic (exact) mass is 320 g/mol. The SMILES string of the molecule is CCC(C)(COC(CCl)C(Br)CCl)OC. The second-order valence-corrected chi connectivity index (χ2v) is 5.47. The van der Waals surface area contributed by atoms with Crippen molar-refractivity contribution in [2.75, 3.05) is 25.5 Å².